The second kappa shape index (κ2) is 5.74. The first-order valence-electron chi connectivity index (χ1n) is 5.74. The smallest absolute Gasteiger partial charge is 0.166 e. The highest BCUT2D eigenvalue weighted by Gasteiger charge is 2.12. The third-order valence-electron chi connectivity index (χ3n) is 2.55. The van der Waals surface area contributed by atoms with Crippen LogP contribution < -0.4 is 0 Å². The minimum Gasteiger partial charge on any atom is -0.469 e. The molecule has 0 amide bonds. The molecule has 0 unspecified atom stereocenters. The molecule has 0 aliphatic heterocycles. The fraction of sp³-hybridized carbons (Fsp3) is 0.615. The molecule has 15 heavy (non-hydrogen) atoms. The first-order valence-corrected chi connectivity index (χ1v) is 5.74. The number of hydrogen-bond donors (Lipinski definition) is 0. The Kier molecular flexibility index (Phi) is 4.60. The van der Waals surface area contributed by atoms with E-state index in [-0.39, 0.29) is 5.78 Å². The van der Waals surface area contributed by atoms with Gasteiger partial charge in [0.25, 0.3) is 0 Å². The molecule has 0 spiro atoms. The van der Waals surface area contributed by atoms with Crippen LogP contribution in [0.5, 0.6) is 0 Å². The van der Waals surface area contributed by atoms with Crippen LogP contribution in [-0.2, 0) is 6.42 Å². The van der Waals surface area contributed by atoms with Crippen LogP contribution in [0.1, 0.15) is 56.2 Å². The van der Waals surface area contributed by atoms with E-state index in [4.69, 9.17) is 4.42 Å². The summed E-state index contributed by atoms with van der Waals surface area (Å²) >= 11 is 0. The van der Waals surface area contributed by atoms with Crippen molar-refractivity contribution in [3.63, 3.8) is 0 Å². The zero-order chi connectivity index (χ0) is 11.3. The van der Waals surface area contributed by atoms with Crippen molar-refractivity contribution in [1.29, 1.82) is 0 Å². The maximum absolute atomic E-state index is 11.8. The standard InChI is InChI=1S/C13H20O2/c1-4-13-11(8-9-15-13)12(14)7-5-6-10(2)3/h8-10H,4-7H2,1-3H3. The van der Waals surface area contributed by atoms with E-state index in [0.717, 1.165) is 30.6 Å². The predicted molar refractivity (Wildman–Crippen MR) is 61.1 cm³/mol. The lowest BCUT2D eigenvalue weighted by molar-refractivity contribution is 0.0976. The monoisotopic (exact) mass is 208 g/mol. The molecule has 0 aliphatic carbocycles. The highest BCUT2D eigenvalue weighted by Crippen LogP contribution is 2.16. The van der Waals surface area contributed by atoms with Crippen molar-refractivity contribution in [2.45, 2.75) is 46.5 Å². The summed E-state index contributed by atoms with van der Waals surface area (Å²) in [5, 5.41) is 0. The Morgan fingerprint density at radius 2 is 2.20 bits per heavy atom. The van der Waals surface area contributed by atoms with Gasteiger partial charge >= 0.3 is 0 Å². The van der Waals surface area contributed by atoms with E-state index >= 15 is 0 Å². The van der Waals surface area contributed by atoms with E-state index in [2.05, 4.69) is 13.8 Å². The quantitative estimate of drug-likeness (QED) is 0.665. The zero-order valence-electron chi connectivity index (χ0n) is 9.88. The van der Waals surface area contributed by atoms with Crippen LogP contribution in [0.3, 0.4) is 0 Å². The van der Waals surface area contributed by atoms with Crippen LogP contribution in [0.4, 0.5) is 0 Å². The summed E-state index contributed by atoms with van der Waals surface area (Å²) in [6.07, 6.45) is 5.13. The van der Waals surface area contributed by atoms with E-state index in [0.29, 0.717) is 12.3 Å². The normalized spacial score (nSPS) is 10.9. The lowest BCUT2D eigenvalue weighted by atomic mass is 10.0. The van der Waals surface area contributed by atoms with Gasteiger partial charge in [-0.2, -0.15) is 0 Å². The molecule has 2 heteroatoms. The summed E-state index contributed by atoms with van der Waals surface area (Å²) < 4.78 is 5.24. The third-order valence-corrected chi connectivity index (χ3v) is 2.55. The van der Waals surface area contributed by atoms with Gasteiger partial charge in [-0.05, 0) is 18.4 Å². The Hall–Kier alpha value is -1.05. The molecule has 1 aromatic heterocycles. The topological polar surface area (TPSA) is 30.2 Å². The van der Waals surface area contributed by atoms with E-state index in [1.54, 1.807) is 12.3 Å². The van der Waals surface area contributed by atoms with Gasteiger partial charge in [0.2, 0.25) is 0 Å². The van der Waals surface area contributed by atoms with Crippen LogP contribution in [0.15, 0.2) is 16.7 Å². The molecular weight excluding hydrogens is 188 g/mol. The van der Waals surface area contributed by atoms with Crippen molar-refractivity contribution in [2.24, 2.45) is 5.92 Å². The van der Waals surface area contributed by atoms with Crippen LogP contribution in [0, 0.1) is 5.92 Å². The van der Waals surface area contributed by atoms with Crippen molar-refractivity contribution in [1.82, 2.24) is 0 Å². The molecule has 2 nitrogen and oxygen atoms in total. The van der Waals surface area contributed by atoms with Gasteiger partial charge < -0.3 is 4.42 Å². The fourth-order valence-electron chi connectivity index (χ4n) is 1.67. The molecule has 0 saturated carbocycles. The number of rotatable bonds is 6. The van der Waals surface area contributed by atoms with Crippen molar-refractivity contribution in [3.8, 4) is 0 Å². The summed E-state index contributed by atoms with van der Waals surface area (Å²) in [4.78, 5) is 11.8. The minimum atomic E-state index is 0.223. The maximum atomic E-state index is 11.8. The first-order chi connectivity index (χ1) is 7.15. The van der Waals surface area contributed by atoms with Gasteiger partial charge in [0, 0.05) is 12.8 Å². The number of Topliss-reactive ketones (excluding diaryl/α,β-unsaturated/α-hetero) is 1. The predicted octanol–water partition coefficient (Wildman–Crippen LogP) is 3.85. The number of carbonyl (C=O) groups is 1. The molecule has 1 rings (SSSR count). The number of aryl methyl sites for hydroxylation is 1. The van der Waals surface area contributed by atoms with Crippen LogP contribution in [0.25, 0.3) is 0 Å². The van der Waals surface area contributed by atoms with E-state index in [1.165, 1.54) is 0 Å². The highest BCUT2D eigenvalue weighted by atomic mass is 16.3. The van der Waals surface area contributed by atoms with Crippen LogP contribution in [-0.4, -0.2) is 5.78 Å². The summed E-state index contributed by atoms with van der Waals surface area (Å²) in [6, 6.07) is 1.79. The van der Waals surface area contributed by atoms with Crippen LogP contribution >= 0.6 is 0 Å². The summed E-state index contributed by atoms with van der Waals surface area (Å²) in [7, 11) is 0. The minimum absolute atomic E-state index is 0.223. The van der Waals surface area contributed by atoms with Crippen molar-refractivity contribution in [2.75, 3.05) is 0 Å². The van der Waals surface area contributed by atoms with Crippen molar-refractivity contribution in [3.05, 3.63) is 23.7 Å². The van der Waals surface area contributed by atoms with Crippen molar-refractivity contribution >= 4 is 5.78 Å². The van der Waals surface area contributed by atoms with E-state index in [9.17, 15) is 4.79 Å². The van der Waals surface area contributed by atoms with Gasteiger partial charge in [-0.25, -0.2) is 0 Å². The second-order valence-electron chi connectivity index (χ2n) is 4.32. The van der Waals surface area contributed by atoms with Crippen molar-refractivity contribution < 1.29 is 9.21 Å². The Morgan fingerprint density at radius 1 is 1.47 bits per heavy atom. The molecule has 0 aromatic carbocycles. The largest absolute Gasteiger partial charge is 0.469 e. The maximum Gasteiger partial charge on any atom is 0.166 e. The van der Waals surface area contributed by atoms with E-state index < -0.39 is 0 Å². The Morgan fingerprint density at radius 3 is 2.80 bits per heavy atom. The Bertz CT molecular complexity index is 310. The third kappa shape index (κ3) is 3.54. The molecule has 0 fully saturated rings. The van der Waals surface area contributed by atoms with Gasteiger partial charge in [-0.15, -0.1) is 0 Å². The zero-order valence-corrected chi connectivity index (χ0v) is 9.88. The fourth-order valence-corrected chi connectivity index (χ4v) is 1.67. The Balaban J connectivity index is 2.47. The summed E-state index contributed by atoms with van der Waals surface area (Å²) in [5.74, 6) is 1.72. The average Bonchev–Trinajstić information content (AvgIpc) is 2.64. The lowest BCUT2D eigenvalue weighted by Gasteiger charge is -2.03. The molecule has 84 valence electrons. The van der Waals surface area contributed by atoms with Gasteiger partial charge in [0.15, 0.2) is 5.78 Å². The molecule has 1 aromatic rings. The SMILES string of the molecule is CCc1occc1C(=O)CCCC(C)C. The first kappa shape index (κ1) is 12.0. The number of hydrogen-bond acceptors (Lipinski definition) is 2. The Labute approximate surface area is 91.7 Å². The molecule has 0 N–H and O–H groups in total. The summed E-state index contributed by atoms with van der Waals surface area (Å²) in [6.45, 7) is 6.36. The van der Waals surface area contributed by atoms with Gasteiger partial charge in [0.1, 0.15) is 5.76 Å². The number of carbonyl (C=O) groups excluding carboxylic acids is 1. The van der Waals surface area contributed by atoms with Gasteiger partial charge in [-0.1, -0.05) is 27.2 Å². The molecular formula is C13H20O2. The van der Waals surface area contributed by atoms with Crippen LogP contribution in [0.2, 0.25) is 0 Å². The average molecular weight is 208 g/mol. The molecule has 0 aliphatic rings. The molecule has 0 radical (unpaired) electrons. The molecule has 0 saturated heterocycles. The van der Waals surface area contributed by atoms with Gasteiger partial charge in [0.05, 0.1) is 11.8 Å². The van der Waals surface area contributed by atoms with E-state index in [1.807, 2.05) is 6.92 Å². The molecule has 1 heterocycles. The lowest BCUT2D eigenvalue weighted by Crippen LogP contribution is -2.01. The molecule has 0 atom stereocenters. The number of furan rings is 1. The number of ketones is 1. The van der Waals surface area contributed by atoms with Gasteiger partial charge in [-0.3, -0.25) is 4.79 Å². The summed E-state index contributed by atoms with van der Waals surface area (Å²) in [5.41, 5.74) is 0.779. The molecule has 0 bridgehead atoms. The second-order valence-corrected chi connectivity index (χ2v) is 4.32. The highest BCUT2D eigenvalue weighted by molar-refractivity contribution is 5.96.